The quantitative estimate of drug-likeness (QED) is 0.170. The zero-order valence-corrected chi connectivity index (χ0v) is 26.7. The number of allylic oxidation sites excluding steroid dienone is 1. The Bertz CT molecular complexity index is 614. The van der Waals surface area contributed by atoms with E-state index in [9.17, 15) is 0 Å². The molecule has 0 bridgehead atoms. The maximum absolute atomic E-state index is 4.56. The summed E-state index contributed by atoms with van der Waals surface area (Å²) in [7, 11) is 4.08. The van der Waals surface area contributed by atoms with E-state index in [4.69, 9.17) is 0 Å². The van der Waals surface area contributed by atoms with Crippen LogP contribution in [0.3, 0.4) is 0 Å². The Morgan fingerprint density at radius 3 is 1.52 bits per heavy atom. The first-order valence-corrected chi connectivity index (χ1v) is 20.8. The van der Waals surface area contributed by atoms with Crippen molar-refractivity contribution in [3.8, 4) is 0 Å². The van der Waals surface area contributed by atoms with Crippen molar-refractivity contribution in [1.82, 2.24) is 0 Å². The Balaban J connectivity index is 0. The number of para-hydroxylation sites is 1. The maximum atomic E-state index is 4.56. The summed E-state index contributed by atoms with van der Waals surface area (Å²) in [6.07, 6.45) is 8.51. The number of aliphatic imine (C=N–C) groups is 1. The van der Waals surface area contributed by atoms with Crippen molar-refractivity contribution < 1.29 is 18.2 Å². The number of rotatable bonds is 7. The first-order chi connectivity index (χ1) is 14.7. The van der Waals surface area contributed by atoms with Crippen LogP contribution in [0.15, 0.2) is 29.3 Å². The second-order valence-electron chi connectivity index (χ2n) is 8.20. The van der Waals surface area contributed by atoms with Crippen molar-refractivity contribution in [2.45, 2.75) is 68.1 Å². The molecule has 0 N–H and O–H groups in total. The molecule has 0 saturated heterocycles. The molecule has 1 heterocycles. The van der Waals surface area contributed by atoms with Crippen LogP contribution in [-0.4, -0.2) is 50.8 Å². The van der Waals surface area contributed by atoms with E-state index >= 15 is 0 Å². The van der Waals surface area contributed by atoms with Gasteiger partial charge >= 0.3 is 27.7 Å². The molecule has 6 heteroatoms. The minimum absolute atomic E-state index is 0.446. The Hall–Kier alpha value is 0.659. The summed E-state index contributed by atoms with van der Waals surface area (Å²) in [5, 5.41) is 0. The van der Waals surface area contributed by atoms with E-state index in [1.165, 1.54) is 48.1 Å². The molecule has 0 amide bonds. The van der Waals surface area contributed by atoms with Crippen molar-refractivity contribution in [3.63, 3.8) is 0 Å². The molecule has 0 spiro atoms. The van der Waals surface area contributed by atoms with Gasteiger partial charge in [0.2, 0.25) is 0 Å². The molecule has 31 heavy (non-hydrogen) atoms. The fourth-order valence-electron chi connectivity index (χ4n) is 3.09. The summed E-state index contributed by atoms with van der Waals surface area (Å²) in [5.74, 6) is 0. The van der Waals surface area contributed by atoms with Crippen LogP contribution in [0.2, 0.25) is 19.6 Å². The average Bonchev–Trinajstić information content (AvgIpc) is 3.07. The third kappa shape index (κ3) is 15.2. The average molecular weight is 593 g/mol. The van der Waals surface area contributed by atoms with Crippen LogP contribution in [0, 0.1) is 5.70 Å². The molecule has 0 saturated carbocycles. The van der Waals surface area contributed by atoms with Crippen molar-refractivity contribution in [3.05, 3.63) is 35.5 Å². The fourth-order valence-corrected chi connectivity index (χ4v) is 6.84. The first kappa shape index (κ1) is 33.8. The van der Waals surface area contributed by atoms with Gasteiger partial charge in [-0.3, -0.25) is 0 Å². The Labute approximate surface area is 213 Å². The van der Waals surface area contributed by atoms with Crippen LogP contribution >= 0.6 is 25.4 Å². The van der Waals surface area contributed by atoms with Crippen molar-refractivity contribution in [2.24, 2.45) is 4.99 Å². The van der Waals surface area contributed by atoms with Gasteiger partial charge in [0.1, 0.15) is 0 Å². The van der Waals surface area contributed by atoms with Crippen LogP contribution in [-0.2, 0) is 18.2 Å². The third-order valence-electron chi connectivity index (χ3n) is 5.01. The summed E-state index contributed by atoms with van der Waals surface area (Å²) in [5.41, 5.74) is 8.33. The van der Waals surface area contributed by atoms with E-state index < -0.39 is 8.07 Å². The zero-order valence-electron chi connectivity index (χ0n) is 21.6. The SMILES string of the molecule is CC1=Nc2ccccc2C1=[C-][Si](C)(C)C.CCP(CC)CC.CCP(CC)CC.[Cl][Pd+]. The third-order valence-corrected chi connectivity index (χ3v) is 11.4. The summed E-state index contributed by atoms with van der Waals surface area (Å²) >= 11 is 2.22. The molecule has 0 radical (unpaired) electrons. The van der Waals surface area contributed by atoms with Gasteiger partial charge in [0.05, 0.1) is 0 Å². The molecule has 1 aromatic rings. The molecule has 0 atom stereocenters. The molecule has 182 valence electrons. The predicted molar refractivity (Wildman–Crippen MR) is 152 cm³/mol. The zero-order chi connectivity index (χ0) is 24.4. The molecule has 1 aromatic carbocycles. The normalized spacial score (nSPS) is 13.5. The Morgan fingerprint density at radius 1 is 0.806 bits per heavy atom. The molecule has 1 nitrogen and oxygen atoms in total. The molecule has 0 aromatic heterocycles. The predicted octanol–water partition coefficient (Wildman–Crippen LogP) is 9.60. The Morgan fingerprint density at radius 2 is 1.19 bits per heavy atom. The second-order valence-corrected chi connectivity index (χ2v) is 19.4. The second kappa shape index (κ2) is 20.1. The standard InChI is InChI=1S/C13H16NSi.2C6H15P.ClH.Pd/c1-10-12(9-15(2,3)4)11-7-5-6-8-13(11)14-10;2*1-4-7(5-2)6-3;;/h5-8H,1-4H3;2*4-6H2,1-3H3;1H;/q-1;;;;+2/p-1. The first-order valence-electron chi connectivity index (χ1n) is 11.5. The van der Waals surface area contributed by atoms with Crippen molar-refractivity contribution >= 4 is 50.4 Å². The van der Waals surface area contributed by atoms with Crippen LogP contribution in [0.5, 0.6) is 0 Å². The number of halogens is 1. The minimum atomic E-state index is -1.30. The fraction of sp³-hybridized carbons (Fsp3) is 0.640. The molecule has 1 aliphatic heterocycles. The van der Waals surface area contributed by atoms with Crippen molar-refractivity contribution in [2.75, 3.05) is 37.0 Å². The van der Waals surface area contributed by atoms with E-state index in [0.29, 0.717) is 15.8 Å². The number of benzene rings is 1. The van der Waals surface area contributed by atoms with E-state index in [1.54, 1.807) is 0 Å². The molecule has 2 rings (SSSR count). The van der Waals surface area contributed by atoms with Gasteiger partial charge in [-0.25, -0.2) is 5.70 Å². The molecule has 0 unspecified atom stereocenters. The van der Waals surface area contributed by atoms with Gasteiger partial charge < -0.3 is 4.99 Å². The van der Waals surface area contributed by atoms with E-state index in [-0.39, 0.29) is 0 Å². The van der Waals surface area contributed by atoms with Gasteiger partial charge in [-0.05, 0) is 43.0 Å². The van der Waals surface area contributed by atoms with Gasteiger partial charge in [0.15, 0.2) is 0 Å². The summed E-state index contributed by atoms with van der Waals surface area (Å²) in [6.45, 7) is 22.7. The Kier molecular flexibility index (Phi) is 21.9. The summed E-state index contributed by atoms with van der Waals surface area (Å²) in [6, 6.07) is 8.31. The molecule has 0 aliphatic carbocycles. The van der Waals surface area contributed by atoms with E-state index in [0.717, 1.165) is 11.4 Å². The van der Waals surface area contributed by atoms with Gasteiger partial charge in [-0.1, -0.05) is 86.0 Å². The summed E-state index contributed by atoms with van der Waals surface area (Å²) < 4.78 is 0. The van der Waals surface area contributed by atoms with Crippen LogP contribution in [0.1, 0.15) is 54.0 Å². The summed E-state index contributed by atoms with van der Waals surface area (Å²) in [4.78, 5) is 4.56. The number of hydrogen-bond acceptors (Lipinski definition) is 1. The molecule has 1 aliphatic rings. The van der Waals surface area contributed by atoms with E-state index in [1.807, 2.05) is 6.07 Å². The van der Waals surface area contributed by atoms with Crippen LogP contribution in [0.4, 0.5) is 5.69 Å². The van der Waals surface area contributed by atoms with Gasteiger partial charge in [0, 0.05) is 13.8 Å². The topological polar surface area (TPSA) is 12.4 Å². The molecular formula is C25H46ClNP2PdSi. The van der Waals surface area contributed by atoms with Crippen LogP contribution in [0.25, 0.3) is 5.57 Å². The van der Waals surface area contributed by atoms with Crippen LogP contribution < -0.4 is 0 Å². The number of fused-ring (bicyclic) bond motifs is 1. The monoisotopic (exact) mass is 591 g/mol. The van der Waals surface area contributed by atoms with Gasteiger partial charge in [-0.2, -0.15) is 5.57 Å². The molecular weight excluding hydrogens is 546 g/mol. The number of nitrogens with zero attached hydrogens (tertiary/aromatic N) is 1. The number of hydrogen-bond donors (Lipinski definition) is 0. The van der Waals surface area contributed by atoms with Gasteiger partial charge in [-0.15, -0.1) is 27.5 Å². The van der Waals surface area contributed by atoms with E-state index in [2.05, 4.69) is 125 Å². The van der Waals surface area contributed by atoms with Crippen molar-refractivity contribution in [1.29, 1.82) is 0 Å². The van der Waals surface area contributed by atoms with Gasteiger partial charge in [0.25, 0.3) is 0 Å². The molecule has 0 fully saturated rings.